The molecule has 0 radical (unpaired) electrons. The fourth-order valence-electron chi connectivity index (χ4n) is 4.32. The molecule has 2 aliphatic heterocycles. The van der Waals surface area contributed by atoms with Gasteiger partial charge in [0.1, 0.15) is 5.82 Å². The van der Waals surface area contributed by atoms with Crippen molar-refractivity contribution in [2.45, 2.75) is 45.2 Å². The molecule has 6 nitrogen and oxygen atoms in total. The molecule has 0 atom stereocenters. The van der Waals surface area contributed by atoms with Crippen LogP contribution >= 0.6 is 0 Å². The van der Waals surface area contributed by atoms with E-state index in [0.717, 1.165) is 44.0 Å². The van der Waals surface area contributed by atoms with Crippen LogP contribution in [0.5, 0.6) is 0 Å². The average Bonchev–Trinajstić information content (AvgIpc) is 3.06. The van der Waals surface area contributed by atoms with Crippen LogP contribution in [0.4, 0.5) is 5.82 Å². The van der Waals surface area contributed by atoms with E-state index >= 15 is 0 Å². The van der Waals surface area contributed by atoms with E-state index in [0.29, 0.717) is 18.3 Å². The molecule has 1 aromatic carbocycles. The summed E-state index contributed by atoms with van der Waals surface area (Å²) in [7, 11) is 0. The van der Waals surface area contributed by atoms with E-state index in [9.17, 15) is 0 Å². The van der Waals surface area contributed by atoms with Gasteiger partial charge in [0.05, 0.1) is 6.54 Å². The van der Waals surface area contributed by atoms with Gasteiger partial charge in [0.2, 0.25) is 11.7 Å². The Balaban J connectivity index is 1.24. The molecule has 0 bridgehead atoms. The van der Waals surface area contributed by atoms with Crippen LogP contribution in [0.25, 0.3) is 11.4 Å². The second-order valence-electron chi connectivity index (χ2n) is 8.05. The summed E-state index contributed by atoms with van der Waals surface area (Å²) in [5.74, 6) is 2.33. The standard InChI is InChI=1S/C23H27N5O/c1-2-6-13-28(12-5-1)21-10-9-19(15-24-21)23-25-22(29-26-23)17-27-14-11-18-7-3-4-8-20(18)16-27/h3-4,7-10,15H,1-2,5-6,11-14,16-17H2. The number of aromatic nitrogens is 3. The molecule has 1 saturated heterocycles. The SMILES string of the molecule is c1ccc2c(c1)CCN(Cc1nc(-c3ccc(N4CCCCCC4)nc3)no1)C2. The van der Waals surface area contributed by atoms with Crippen LogP contribution in [0.15, 0.2) is 47.1 Å². The van der Waals surface area contributed by atoms with Crippen LogP contribution in [-0.2, 0) is 19.5 Å². The Morgan fingerprint density at radius 3 is 2.52 bits per heavy atom. The van der Waals surface area contributed by atoms with Crippen LogP contribution in [-0.4, -0.2) is 39.7 Å². The van der Waals surface area contributed by atoms with Gasteiger partial charge >= 0.3 is 0 Å². The lowest BCUT2D eigenvalue weighted by atomic mass is 10.00. The molecular weight excluding hydrogens is 362 g/mol. The van der Waals surface area contributed by atoms with E-state index in [-0.39, 0.29) is 0 Å². The van der Waals surface area contributed by atoms with Crippen molar-refractivity contribution < 1.29 is 4.52 Å². The van der Waals surface area contributed by atoms with E-state index < -0.39 is 0 Å². The minimum Gasteiger partial charge on any atom is -0.357 e. The second-order valence-corrected chi connectivity index (χ2v) is 8.05. The Kier molecular flexibility index (Phi) is 5.26. The molecule has 29 heavy (non-hydrogen) atoms. The van der Waals surface area contributed by atoms with Crippen LogP contribution in [0, 0.1) is 0 Å². The van der Waals surface area contributed by atoms with Gasteiger partial charge < -0.3 is 9.42 Å². The summed E-state index contributed by atoms with van der Waals surface area (Å²) in [4.78, 5) is 14.0. The molecule has 0 N–H and O–H groups in total. The van der Waals surface area contributed by atoms with Crippen molar-refractivity contribution in [2.75, 3.05) is 24.5 Å². The molecule has 6 heteroatoms. The number of anilines is 1. The normalized spacial score (nSPS) is 17.7. The molecule has 5 rings (SSSR count). The molecule has 0 aliphatic carbocycles. The summed E-state index contributed by atoms with van der Waals surface area (Å²) < 4.78 is 5.53. The smallest absolute Gasteiger partial charge is 0.241 e. The number of hydrogen-bond donors (Lipinski definition) is 0. The zero-order valence-corrected chi connectivity index (χ0v) is 16.8. The van der Waals surface area contributed by atoms with E-state index in [2.05, 4.69) is 61.3 Å². The third-order valence-corrected chi connectivity index (χ3v) is 5.97. The summed E-state index contributed by atoms with van der Waals surface area (Å²) >= 11 is 0. The first-order chi connectivity index (χ1) is 14.3. The van der Waals surface area contributed by atoms with Crippen molar-refractivity contribution in [1.82, 2.24) is 20.0 Å². The maximum atomic E-state index is 5.53. The third kappa shape index (κ3) is 4.17. The van der Waals surface area contributed by atoms with Gasteiger partial charge in [-0.25, -0.2) is 4.98 Å². The zero-order chi connectivity index (χ0) is 19.5. The Morgan fingerprint density at radius 1 is 0.897 bits per heavy atom. The summed E-state index contributed by atoms with van der Waals surface area (Å²) in [6.07, 6.45) is 8.08. The Hall–Kier alpha value is -2.73. The summed E-state index contributed by atoms with van der Waals surface area (Å²) in [5, 5.41) is 4.19. The molecule has 4 heterocycles. The van der Waals surface area contributed by atoms with Crippen molar-refractivity contribution in [3.05, 3.63) is 59.6 Å². The minimum atomic E-state index is 0.618. The van der Waals surface area contributed by atoms with E-state index in [1.165, 1.54) is 36.8 Å². The van der Waals surface area contributed by atoms with Crippen molar-refractivity contribution in [3.63, 3.8) is 0 Å². The van der Waals surface area contributed by atoms with Crippen LogP contribution in [0.1, 0.15) is 42.7 Å². The highest BCUT2D eigenvalue weighted by Gasteiger charge is 2.19. The van der Waals surface area contributed by atoms with E-state index in [1.54, 1.807) is 0 Å². The van der Waals surface area contributed by atoms with Crippen LogP contribution in [0.2, 0.25) is 0 Å². The monoisotopic (exact) mass is 389 g/mol. The van der Waals surface area contributed by atoms with Gasteiger partial charge in [0.15, 0.2) is 0 Å². The molecule has 2 aliphatic rings. The Labute approximate surface area is 171 Å². The van der Waals surface area contributed by atoms with Crippen LogP contribution in [0.3, 0.4) is 0 Å². The highest BCUT2D eigenvalue weighted by atomic mass is 16.5. The topological polar surface area (TPSA) is 58.3 Å². The number of nitrogens with zero attached hydrogens (tertiary/aromatic N) is 5. The lowest BCUT2D eigenvalue weighted by molar-refractivity contribution is 0.210. The number of pyridine rings is 1. The predicted octanol–water partition coefficient (Wildman–Crippen LogP) is 4.07. The fourth-order valence-corrected chi connectivity index (χ4v) is 4.32. The second kappa shape index (κ2) is 8.33. The van der Waals surface area contributed by atoms with Gasteiger partial charge in [-0.05, 0) is 42.5 Å². The Morgan fingerprint density at radius 2 is 1.72 bits per heavy atom. The summed E-state index contributed by atoms with van der Waals surface area (Å²) in [6, 6.07) is 12.8. The molecule has 3 aromatic rings. The average molecular weight is 390 g/mol. The van der Waals surface area contributed by atoms with Gasteiger partial charge in [-0.1, -0.05) is 42.3 Å². The van der Waals surface area contributed by atoms with Gasteiger partial charge in [-0.15, -0.1) is 0 Å². The summed E-state index contributed by atoms with van der Waals surface area (Å²) in [6.45, 7) is 4.82. The highest BCUT2D eigenvalue weighted by Crippen LogP contribution is 2.23. The first kappa shape index (κ1) is 18.3. The first-order valence-electron chi connectivity index (χ1n) is 10.7. The molecule has 0 unspecified atom stereocenters. The maximum Gasteiger partial charge on any atom is 0.241 e. The molecule has 0 amide bonds. The zero-order valence-electron chi connectivity index (χ0n) is 16.8. The number of rotatable bonds is 4. The third-order valence-electron chi connectivity index (χ3n) is 5.97. The number of benzene rings is 1. The van der Waals surface area contributed by atoms with Crippen molar-refractivity contribution >= 4 is 5.82 Å². The van der Waals surface area contributed by atoms with Gasteiger partial charge in [-0.2, -0.15) is 4.98 Å². The van der Waals surface area contributed by atoms with Gasteiger partial charge in [0, 0.05) is 37.9 Å². The minimum absolute atomic E-state index is 0.618. The highest BCUT2D eigenvalue weighted by molar-refractivity contribution is 5.55. The predicted molar refractivity (Wildman–Crippen MR) is 112 cm³/mol. The summed E-state index contributed by atoms with van der Waals surface area (Å²) in [5.41, 5.74) is 3.75. The van der Waals surface area contributed by atoms with Gasteiger partial charge in [-0.3, -0.25) is 4.90 Å². The quantitative estimate of drug-likeness (QED) is 0.670. The number of hydrogen-bond acceptors (Lipinski definition) is 6. The molecule has 0 spiro atoms. The van der Waals surface area contributed by atoms with Crippen molar-refractivity contribution in [3.8, 4) is 11.4 Å². The maximum absolute atomic E-state index is 5.53. The molecule has 0 saturated carbocycles. The van der Waals surface area contributed by atoms with E-state index in [1.807, 2.05) is 6.20 Å². The van der Waals surface area contributed by atoms with Gasteiger partial charge in [0.25, 0.3) is 0 Å². The number of fused-ring (bicyclic) bond motifs is 1. The lowest BCUT2D eigenvalue weighted by Crippen LogP contribution is -2.30. The van der Waals surface area contributed by atoms with Crippen LogP contribution < -0.4 is 4.90 Å². The van der Waals surface area contributed by atoms with E-state index in [4.69, 9.17) is 4.52 Å². The molecular formula is C23H27N5O. The molecule has 1 fully saturated rings. The fraction of sp³-hybridized carbons (Fsp3) is 0.435. The largest absolute Gasteiger partial charge is 0.357 e. The molecule has 2 aromatic heterocycles. The van der Waals surface area contributed by atoms with Crippen molar-refractivity contribution in [2.24, 2.45) is 0 Å². The molecule has 150 valence electrons. The Bertz CT molecular complexity index is 944. The lowest BCUT2D eigenvalue weighted by Gasteiger charge is -2.27. The first-order valence-corrected chi connectivity index (χ1v) is 10.7. The van der Waals surface area contributed by atoms with Crippen molar-refractivity contribution in [1.29, 1.82) is 0 Å².